The fraction of sp³-hybridized carbons (Fsp3) is 0.360. The zero-order valence-electron chi connectivity index (χ0n) is 18.6. The molecule has 0 saturated carbocycles. The van der Waals surface area contributed by atoms with Crippen LogP contribution in [0.1, 0.15) is 41.3 Å². The van der Waals surface area contributed by atoms with E-state index in [-0.39, 0.29) is 17.5 Å². The number of likely N-dealkylation sites (tertiary alicyclic amines) is 1. The lowest BCUT2D eigenvalue weighted by Crippen LogP contribution is -2.42. The summed E-state index contributed by atoms with van der Waals surface area (Å²) in [5.41, 5.74) is 2.54. The average molecular weight is 423 g/mol. The predicted molar refractivity (Wildman–Crippen MR) is 121 cm³/mol. The fourth-order valence-electron chi connectivity index (χ4n) is 3.54. The molecule has 6 heteroatoms. The average Bonchev–Trinajstić information content (AvgIpc) is 2.79. The minimum atomic E-state index is -0.314. The Morgan fingerprint density at radius 1 is 1.00 bits per heavy atom. The first kappa shape index (κ1) is 22.4. The molecule has 6 nitrogen and oxygen atoms in total. The second-order valence-electron chi connectivity index (χ2n) is 7.97. The van der Waals surface area contributed by atoms with Gasteiger partial charge >= 0.3 is 0 Å². The summed E-state index contributed by atoms with van der Waals surface area (Å²) in [6.45, 7) is 5.53. The van der Waals surface area contributed by atoms with Gasteiger partial charge in [-0.25, -0.2) is 0 Å². The summed E-state index contributed by atoms with van der Waals surface area (Å²) in [5, 5.41) is 2.83. The van der Waals surface area contributed by atoms with Crippen molar-refractivity contribution in [3.05, 3.63) is 64.9 Å². The van der Waals surface area contributed by atoms with Crippen molar-refractivity contribution in [2.75, 3.05) is 27.3 Å². The largest absolute Gasteiger partial charge is 0.493 e. The zero-order valence-corrected chi connectivity index (χ0v) is 18.6. The van der Waals surface area contributed by atoms with E-state index < -0.39 is 0 Å². The number of piperidine rings is 1. The SMILES string of the molecule is COc1ccc(C=C(NC(=O)c2ccc(C)cc2)C(=O)N2CCC(C)CC2)cc1OC. The topological polar surface area (TPSA) is 67.9 Å². The number of hydrogen-bond acceptors (Lipinski definition) is 4. The summed E-state index contributed by atoms with van der Waals surface area (Å²) in [4.78, 5) is 28.0. The van der Waals surface area contributed by atoms with Crippen LogP contribution in [0.25, 0.3) is 6.08 Å². The van der Waals surface area contributed by atoms with E-state index in [1.54, 1.807) is 44.6 Å². The highest BCUT2D eigenvalue weighted by Gasteiger charge is 2.24. The van der Waals surface area contributed by atoms with Crippen LogP contribution in [0.2, 0.25) is 0 Å². The van der Waals surface area contributed by atoms with E-state index >= 15 is 0 Å². The highest BCUT2D eigenvalue weighted by molar-refractivity contribution is 6.05. The molecule has 0 atom stereocenters. The molecule has 0 aliphatic carbocycles. The lowest BCUT2D eigenvalue weighted by molar-refractivity contribution is -0.128. The molecule has 2 amide bonds. The van der Waals surface area contributed by atoms with E-state index in [1.807, 2.05) is 30.0 Å². The molecule has 1 fully saturated rings. The van der Waals surface area contributed by atoms with Crippen LogP contribution < -0.4 is 14.8 Å². The van der Waals surface area contributed by atoms with Crippen molar-refractivity contribution in [3.8, 4) is 11.5 Å². The van der Waals surface area contributed by atoms with Crippen molar-refractivity contribution in [2.24, 2.45) is 5.92 Å². The van der Waals surface area contributed by atoms with E-state index in [0.29, 0.717) is 36.1 Å². The van der Waals surface area contributed by atoms with Gasteiger partial charge in [0.05, 0.1) is 14.2 Å². The normalized spacial score (nSPS) is 14.8. The van der Waals surface area contributed by atoms with Gasteiger partial charge in [-0.3, -0.25) is 9.59 Å². The Morgan fingerprint density at radius 3 is 2.26 bits per heavy atom. The number of ether oxygens (including phenoxy) is 2. The molecule has 1 N–H and O–H groups in total. The summed E-state index contributed by atoms with van der Waals surface area (Å²) >= 11 is 0. The third-order valence-electron chi connectivity index (χ3n) is 5.58. The van der Waals surface area contributed by atoms with Crippen LogP contribution >= 0.6 is 0 Å². The number of carbonyl (C=O) groups is 2. The van der Waals surface area contributed by atoms with Crippen molar-refractivity contribution >= 4 is 17.9 Å². The molecule has 31 heavy (non-hydrogen) atoms. The number of hydrogen-bond donors (Lipinski definition) is 1. The molecular weight excluding hydrogens is 392 g/mol. The highest BCUT2D eigenvalue weighted by atomic mass is 16.5. The minimum Gasteiger partial charge on any atom is -0.493 e. The number of rotatable bonds is 6. The Bertz CT molecular complexity index is 958. The molecule has 1 heterocycles. The molecular formula is C25H30N2O4. The highest BCUT2D eigenvalue weighted by Crippen LogP contribution is 2.28. The summed E-state index contributed by atoms with van der Waals surface area (Å²) < 4.78 is 10.7. The maximum absolute atomic E-state index is 13.3. The van der Waals surface area contributed by atoms with Crippen molar-refractivity contribution < 1.29 is 19.1 Å². The molecule has 0 aromatic heterocycles. The van der Waals surface area contributed by atoms with Gasteiger partial charge < -0.3 is 19.7 Å². The van der Waals surface area contributed by atoms with Gasteiger partial charge in [-0.1, -0.05) is 30.7 Å². The monoisotopic (exact) mass is 422 g/mol. The van der Waals surface area contributed by atoms with E-state index in [2.05, 4.69) is 12.2 Å². The van der Waals surface area contributed by atoms with Crippen LogP contribution in [0.15, 0.2) is 48.2 Å². The van der Waals surface area contributed by atoms with Gasteiger partial charge in [0.25, 0.3) is 11.8 Å². The number of amides is 2. The molecule has 0 spiro atoms. The van der Waals surface area contributed by atoms with E-state index in [4.69, 9.17) is 9.47 Å². The third kappa shape index (κ3) is 5.66. The molecule has 2 aromatic rings. The summed E-state index contributed by atoms with van der Waals surface area (Å²) in [5.74, 6) is 1.26. The number of carbonyl (C=O) groups excluding carboxylic acids is 2. The Morgan fingerprint density at radius 2 is 1.65 bits per heavy atom. The Hall–Kier alpha value is -3.28. The van der Waals surface area contributed by atoms with Crippen LogP contribution in [0.5, 0.6) is 11.5 Å². The van der Waals surface area contributed by atoms with E-state index in [1.165, 1.54) is 0 Å². The first-order chi connectivity index (χ1) is 14.9. The molecule has 0 unspecified atom stereocenters. The Kier molecular flexibility index (Phi) is 7.34. The fourth-order valence-corrected chi connectivity index (χ4v) is 3.54. The van der Waals surface area contributed by atoms with Crippen LogP contribution in [-0.2, 0) is 4.79 Å². The molecule has 164 valence electrons. The molecule has 2 aromatic carbocycles. The van der Waals surface area contributed by atoms with Crippen LogP contribution in [0, 0.1) is 12.8 Å². The van der Waals surface area contributed by atoms with Crippen LogP contribution in [-0.4, -0.2) is 44.0 Å². The first-order valence-electron chi connectivity index (χ1n) is 10.5. The quantitative estimate of drug-likeness (QED) is 0.714. The predicted octanol–water partition coefficient (Wildman–Crippen LogP) is 4.04. The molecule has 1 aliphatic heterocycles. The van der Waals surface area contributed by atoms with Gasteiger partial charge in [-0.2, -0.15) is 0 Å². The lowest BCUT2D eigenvalue weighted by atomic mass is 9.99. The number of methoxy groups -OCH3 is 2. The minimum absolute atomic E-state index is 0.179. The van der Waals surface area contributed by atoms with Crippen molar-refractivity contribution in [3.63, 3.8) is 0 Å². The van der Waals surface area contributed by atoms with E-state index in [9.17, 15) is 9.59 Å². The van der Waals surface area contributed by atoms with Gasteiger partial charge in [-0.15, -0.1) is 0 Å². The van der Waals surface area contributed by atoms with Crippen molar-refractivity contribution in [1.29, 1.82) is 0 Å². The Labute approximate surface area is 183 Å². The number of benzene rings is 2. The number of aryl methyl sites for hydroxylation is 1. The van der Waals surface area contributed by atoms with Gasteiger partial charge in [0.1, 0.15) is 5.70 Å². The standard InChI is InChI=1S/C25H30N2O4/c1-17-5-8-20(9-6-17)24(28)26-21(25(29)27-13-11-18(2)12-14-27)15-19-7-10-22(30-3)23(16-19)31-4/h5-10,15-16,18H,11-14H2,1-4H3,(H,26,28). The van der Waals surface area contributed by atoms with Crippen LogP contribution in [0.3, 0.4) is 0 Å². The summed E-state index contributed by atoms with van der Waals surface area (Å²) in [6.07, 6.45) is 3.61. The zero-order chi connectivity index (χ0) is 22.4. The second-order valence-corrected chi connectivity index (χ2v) is 7.97. The maximum Gasteiger partial charge on any atom is 0.270 e. The summed E-state index contributed by atoms with van der Waals surface area (Å²) in [6, 6.07) is 12.6. The lowest BCUT2D eigenvalue weighted by Gasteiger charge is -2.31. The van der Waals surface area contributed by atoms with Gasteiger partial charge in [0.2, 0.25) is 0 Å². The van der Waals surface area contributed by atoms with Crippen molar-refractivity contribution in [2.45, 2.75) is 26.7 Å². The first-order valence-corrected chi connectivity index (χ1v) is 10.5. The van der Waals surface area contributed by atoms with Crippen LogP contribution in [0.4, 0.5) is 0 Å². The van der Waals surface area contributed by atoms with Crippen molar-refractivity contribution in [1.82, 2.24) is 10.2 Å². The third-order valence-corrected chi connectivity index (χ3v) is 5.58. The molecule has 0 bridgehead atoms. The van der Waals surface area contributed by atoms with Gasteiger partial charge in [-0.05, 0) is 61.6 Å². The van der Waals surface area contributed by atoms with Gasteiger partial charge in [0, 0.05) is 18.7 Å². The Balaban J connectivity index is 1.91. The van der Waals surface area contributed by atoms with E-state index in [0.717, 1.165) is 24.0 Å². The second kappa shape index (κ2) is 10.2. The van der Waals surface area contributed by atoms with Gasteiger partial charge in [0.15, 0.2) is 11.5 Å². The molecule has 3 rings (SSSR count). The number of nitrogens with one attached hydrogen (secondary N) is 1. The maximum atomic E-state index is 13.3. The molecule has 0 radical (unpaired) electrons. The molecule has 1 aliphatic rings. The number of nitrogens with zero attached hydrogens (tertiary/aromatic N) is 1. The molecule has 1 saturated heterocycles. The summed E-state index contributed by atoms with van der Waals surface area (Å²) in [7, 11) is 3.13. The smallest absolute Gasteiger partial charge is 0.270 e.